The molecule has 4 N–H and O–H groups in total. The maximum absolute atomic E-state index is 10.3. The normalized spacial score (nSPS) is 10.0. The second-order valence-electron chi connectivity index (χ2n) is 1.83. The first-order valence-electron chi connectivity index (χ1n) is 3.23. The number of carbonyl (C=O) groups is 1. The molecule has 4 heteroatoms. The Morgan fingerprint density at radius 2 is 2.00 bits per heavy atom. The minimum Gasteiger partial charge on any atom is -0.366 e. The summed E-state index contributed by atoms with van der Waals surface area (Å²) in [5.74, 6) is -0.372. The van der Waals surface area contributed by atoms with Crippen LogP contribution in [-0.4, -0.2) is 18.8 Å². The van der Waals surface area contributed by atoms with Gasteiger partial charge in [0.25, 0.3) is 0 Å². The van der Waals surface area contributed by atoms with Gasteiger partial charge in [-0.25, -0.2) is 0 Å². The molecule has 0 unspecified atom stereocenters. The Hall–Kier alpha value is -0.540. The first-order valence-corrected chi connectivity index (χ1v) is 3.98. The molecular weight excluding hydrogens is 164 g/mol. The fourth-order valence-corrected chi connectivity index (χ4v) is 0.400. The summed E-state index contributed by atoms with van der Waals surface area (Å²) in [4.78, 5) is 10.3. The third-order valence-corrected chi connectivity index (χ3v) is 1.01. The summed E-state index contributed by atoms with van der Waals surface area (Å²) in [7, 11) is 0. The van der Waals surface area contributed by atoms with Crippen LogP contribution in [0.25, 0.3) is 0 Å². The number of hydrogen-bond donors (Lipinski definition) is 2. The van der Waals surface area contributed by atoms with E-state index in [1.54, 1.807) is 13.0 Å². The van der Waals surface area contributed by atoms with Gasteiger partial charge in [-0.2, -0.15) is 0 Å². The van der Waals surface area contributed by atoms with E-state index in [2.05, 4.69) is 11.6 Å². The van der Waals surface area contributed by atoms with Crippen LogP contribution in [0.15, 0.2) is 11.6 Å². The van der Waals surface area contributed by atoms with Crippen molar-refractivity contribution in [1.82, 2.24) is 0 Å². The van der Waals surface area contributed by atoms with Gasteiger partial charge in [0.2, 0.25) is 5.91 Å². The summed E-state index contributed by atoms with van der Waals surface area (Å²) in [5, 5.41) is 0. The van der Waals surface area contributed by atoms with Crippen molar-refractivity contribution in [2.24, 2.45) is 11.5 Å². The van der Waals surface area contributed by atoms with Gasteiger partial charge in [-0.15, -0.1) is 11.6 Å². The van der Waals surface area contributed by atoms with Crippen molar-refractivity contribution >= 4 is 17.5 Å². The molecule has 0 aromatic carbocycles. The quantitative estimate of drug-likeness (QED) is 0.492. The lowest BCUT2D eigenvalue weighted by atomic mass is 10.2. The molecular formula is C7H15ClN2O. The number of rotatable bonds is 3. The molecule has 0 aliphatic heterocycles. The number of nitrogens with two attached hydrogens (primary N) is 2. The number of amides is 1. The Kier molecular flexibility index (Phi) is 11.2. The average Bonchev–Trinajstić information content (AvgIpc) is 2.03. The molecule has 0 fully saturated rings. The van der Waals surface area contributed by atoms with E-state index < -0.39 is 0 Å². The van der Waals surface area contributed by atoms with Crippen LogP contribution in [0.5, 0.6) is 0 Å². The molecule has 0 aromatic rings. The largest absolute Gasteiger partial charge is 0.366 e. The molecule has 0 heterocycles. The standard InChI is InChI=1S/C6H12N2O.CH3Cl/c1-5(6(8)9)3-2-4-7;1-2/h3H,2,4,7H2,1H3,(H2,8,9);1H3. The lowest BCUT2D eigenvalue weighted by Gasteiger charge is -1.91. The van der Waals surface area contributed by atoms with Gasteiger partial charge in [-0.05, 0) is 19.9 Å². The molecule has 66 valence electrons. The summed E-state index contributed by atoms with van der Waals surface area (Å²) < 4.78 is 0. The zero-order valence-electron chi connectivity index (χ0n) is 6.93. The smallest absolute Gasteiger partial charge is 0.244 e. The second-order valence-corrected chi connectivity index (χ2v) is 1.83. The Labute approximate surface area is 72.4 Å². The Morgan fingerprint density at radius 3 is 2.27 bits per heavy atom. The third-order valence-electron chi connectivity index (χ3n) is 1.01. The van der Waals surface area contributed by atoms with E-state index in [1.165, 1.54) is 6.38 Å². The highest BCUT2D eigenvalue weighted by Crippen LogP contribution is 1.91. The monoisotopic (exact) mass is 178 g/mol. The zero-order valence-corrected chi connectivity index (χ0v) is 7.69. The molecule has 0 spiro atoms. The van der Waals surface area contributed by atoms with Crippen molar-refractivity contribution in [2.75, 3.05) is 12.9 Å². The van der Waals surface area contributed by atoms with Gasteiger partial charge >= 0.3 is 0 Å². The molecule has 0 saturated heterocycles. The first-order chi connectivity index (χ1) is 5.18. The summed E-state index contributed by atoms with van der Waals surface area (Å²) in [6, 6.07) is 0. The van der Waals surface area contributed by atoms with Crippen LogP contribution in [0, 0.1) is 0 Å². The van der Waals surface area contributed by atoms with Gasteiger partial charge < -0.3 is 11.5 Å². The van der Waals surface area contributed by atoms with Crippen LogP contribution < -0.4 is 11.5 Å². The lowest BCUT2D eigenvalue weighted by molar-refractivity contribution is -0.114. The molecule has 11 heavy (non-hydrogen) atoms. The van der Waals surface area contributed by atoms with E-state index in [-0.39, 0.29) is 5.91 Å². The molecule has 0 aliphatic rings. The maximum atomic E-state index is 10.3. The maximum Gasteiger partial charge on any atom is 0.244 e. The van der Waals surface area contributed by atoms with Crippen LogP contribution >= 0.6 is 11.6 Å². The predicted molar refractivity (Wildman–Crippen MR) is 48.4 cm³/mol. The van der Waals surface area contributed by atoms with Gasteiger partial charge in [0.05, 0.1) is 0 Å². The number of primary amides is 1. The van der Waals surface area contributed by atoms with Crippen molar-refractivity contribution in [2.45, 2.75) is 13.3 Å². The van der Waals surface area contributed by atoms with E-state index in [9.17, 15) is 4.79 Å². The number of hydrogen-bond acceptors (Lipinski definition) is 2. The van der Waals surface area contributed by atoms with Crippen LogP contribution in [0.3, 0.4) is 0 Å². The van der Waals surface area contributed by atoms with Crippen molar-refractivity contribution < 1.29 is 4.79 Å². The fourth-order valence-electron chi connectivity index (χ4n) is 0.400. The molecule has 3 nitrogen and oxygen atoms in total. The first kappa shape index (κ1) is 13.1. The van der Waals surface area contributed by atoms with E-state index >= 15 is 0 Å². The zero-order chi connectivity index (χ0) is 9.28. The lowest BCUT2D eigenvalue weighted by Crippen LogP contribution is -2.11. The van der Waals surface area contributed by atoms with E-state index in [4.69, 9.17) is 11.5 Å². The molecule has 0 saturated carbocycles. The van der Waals surface area contributed by atoms with E-state index in [0.717, 1.165) is 6.42 Å². The topological polar surface area (TPSA) is 69.1 Å². The van der Waals surface area contributed by atoms with Crippen molar-refractivity contribution in [3.63, 3.8) is 0 Å². The van der Waals surface area contributed by atoms with Gasteiger partial charge in [-0.3, -0.25) is 4.79 Å². The van der Waals surface area contributed by atoms with Crippen molar-refractivity contribution in [3.05, 3.63) is 11.6 Å². The van der Waals surface area contributed by atoms with Crippen molar-refractivity contribution in [3.8, 4) is 0 Å². The number of alkyl halides is 1. The molecule has 0 radical (unpaired) electrons. The summed E-state index contributed by atoms with van der Waals surface area (Å²) in [6.45, 7) is 2.24. The van der Waals surface area contributed by atoms with Crippen molar-refractivity contribution in [1.29, 1.82) is 0 Å². The molecule has 0 bridgehead atoms. The van der Waals surface area contributed by atoms with Gasteiger partial charge in [0, 0.05) is 12.0 Å². The molecule has 0 rings (SSSR count). The number of carbonyl (C=O) groups excluding carboxylic acids is 1. The fraction of sp³-hybridized carbons (Fsp3) is 0.571. The minimum absolute atomic E-state index is 0.372. The molecule has 0 aliphatic carbocycles. The van der Waals surface area contributed by atoms with Crippen LogP contribution in [0.4, 0.5) is 0 Å². The Bertz CT molecular complexity index is 134. The number of halogens is 1. The molecule has 0 aromatic heterocycles. The summed E-state index contributed by atoms with van der Waals surface area (Å²) >= 11 is 4.64. The van der Waals surface area contributed by atoms with Crippen LogP contribution in [-0.2, 0) is 4.79 Å². The highest BCUT2D eigenvalue weighted by atomic mass is 35.5. The Balaban J connectivity index is 0. The highest BCUT2D eigenvalue weighted by molar-refractivity contribution is 6.15. The van der Waals surface area contributed by atoms with Gasteiger partial charge in [0.15, 0.2) is 0 Å². The van der Waals surface area contributed by atoms with E-state index in [0.29, 0.717) is 12.1 Å². The molecule has 0 atom stereocenters. The van der Waals surface area contributed by atoms with E-state index in [1.807, 2.05) is 0 Å². The summed E-state index contributed by atoms with van der Waals surface area (Å²) in [6.07, 6.45) is 3.93. The third kappa shape index (κ3) is 9.46. The average molecular weight is 179 g/mol. The van der Waals surface area contributed by atoms with Gasteiger partial charge in [0.1, 0.15) is 0 Å². The molecule has 1 amide bonds. The SMILES string of the molecule is CC(=CCCN)C(N)=O.CCl. The van der Waals surface area contributed by atoms with Gasteiger partial charge in [-0.1, -0.05) is 6.08 Å². The van der Waals surface area contributed by atoms with Crippen LogP contribution in [0.2, 0.25) is 0 Å². The van der Waals surface area contributed by atoms with Crippen LogP contribution in [0.1, 0.15) is 13.3 Å². The Morgan fingerprint density at radius 1 is 1.55 bits per heavy atom. The highest BCUT2D eigenvalue weighted by Gasteiger charge is 1.93. The minimum atomic E-state index is -0.372. The predicted octanol–water partition coefficient (Wildman–Crippen LogP) is 0.622. The second kappa shape index (κ2) is 9.46. The summed E-state index contributed by atoms with van der Waals surface area (Å²) in [5.41, 5.74) is 10.7.